The van der Waals surface area contributed by atoms with Crippen LogP contribution >= 0.6 is 0 Å². The SMILES string of the molecule is C.[C-]#[N+]c1ccc(-c2nc(/C=C/C3CCCC3)n(C)c(=O)c2-c2ccc(OC)cc2)cc1F.[C-]#[N+]c1ccc(-c2nc(/C=C/C3CCCCC3)n(C)c(=O)c2-c2ccc(OC)cc2)cc1F.[C-]#[N+]c1ccc(-c2nc(CCC3CCN(C)C3)n(C)c(=O)c2-c2ccc(OC)cc2)cc1F.[C-]#[N+]c1ccc(-c2nc(CCC3CCN(C)CC3)n(C)c(=O)c2-c2ccc(OC)cc2)cc1F. The lowest BCUT2D eigenvalue weighted by molar-refractivity contribution is 0.211. The van der Waals surface area contributed by atoms with Crippen molar-refractivity contribution in [2.24, 2.45) is 51.9 Å². The maximum atomic E-state index is 14.5. The smallest absolute Gasteiger partial charge is 0.262 e. The number of methoxy groups -OCH3 is 4. The molecule has 2 aliphatic heterocycles. The molecule has 133 heavy (non-hydrogen) atoms. The number of nitrogens with zero attached hydrogens (tertiary/aromatic N) is 14. The predicted molar refractivity (Wildman–Crippen MR) is 518 cm³/mol. The number of aromatic nitrogens is 8. The first-order valence-corrected chi connectivity index (χ1v) is 44.3. The summed E-state index contributed by atoms with van der Waals surface area (Å²) < 4.78 is 85.2. The van der Waals surface area contributed by atoms with Gasteiger partial charge in [0.15, 0.2) is 0 Å². The lowest BCUT2D eigenvalue weighted by atomic mass is 9.89. The third kappa shape index (κ3) is 23.3. The van der Waals surface area contributed by atoms with Crippen LogP contribution in [0.25, 0.3) is 121 Å². The molecular formula is C107H110F4N14O8. The number of hydrogen-bond acceptors (Lipinski definition) is 14. The Balaban J connectivity index is 0.000000160. The van der Waals surface area contributed by atoms with Crippen LogP contribution in [0.4, 0.5) is 40.3 Å². The zero-order valence-corrected chi connectivity index (χ0v) is 76.0. The number of rotatable bonds is 22. The maximum absolute atomic E-state index is 14.5. The average molecular weight is 1800 g/mol. The summed E-state index contributed by atoms with van der Waals surface area (Å²) in [5.41, 5.74) is 6.71. The van der Waals surface area contributed by atoms with Crippen molar-refractivity contribution in [1.29, 1.82) is 0 Å². The van der Waals surface area contributed by atoms with Crippen LogP contribution in [0.5, 0.6) is 23.0 Å². The number of benzene rings is 8. The molecule has 2 saturated heterocycles. The highest BCUT2D eigenvalue weighted by Crippen LogP contribution is 2.40. The Labute approximate surface area is 774 Å². The van der Waals surface area contributed by atoms with E-state index in [1.807, 2.05) is 24.3 Å². The first-order valence-electron chi connectivity index (χ1n) is 44.3. The van der Waals surface area contributed by atoms with E-state index in [0.29, 0.717) is 172 Å². The van der Waals surface area contributed by atoms with Crippen molar-refractivity contribution in [2.45, 2.75) is 110 Å². The number of piperidine rings is 1. The Morgan fingerprint density at radius 2 is 0.609 bits per heavy atom. The molecule has 0 amide bonds. The van der Waals surface area contributed by atoms with E-state index >= 15 is 0 Å². The Hall–Kier alpha value is -14.4. The first kappa shape index (κ1) is 97.6. The van der Waals surface area contributed by atoms with Gasteiger partial charge >= 0.3 is 0 Å². The summed E-state index contributed by atoms with van der Waals surface area (Å²) in [7, 11) is 17.5. The molecule has 0 bridgehead atoms. The summed E-state index contributed by atoms with van der Waals surface area (Å²) >= 11 is 0. The van der Waals surface area contributed by atoms with Crippen LogP contribution in [0.1, 0.15) is 121 Å². The van der Waals surface area contributed by atoms with E-state index in [9.17, 15) is 36.7 Å². The monoisotopic (exact) mass is 1790 g/mol. The minimum Gasteiger partial charge on any atom is -0.497 e. The van der Waals surface area contributed by atoms with Gasteiger partial charge in [-0.25, -0.2) is 56.9 Å². The molecule has 16 rings (SSSR count). The summed E-state index contributed by atoms with van der Waals surface area (Å²) in [4.78, 5) is 90.9. The summed E-state index contributed by atoms with van der Waals surface area (Å²) in [5, 5.41) is 0. The van der Waals surface area contributed by atoms with E-state index in [0.717, 1.165) is 84.0 Å². The number of halogens is 4. The summed E-state index contributed by atoms with van der Waals surface area (Å²) in [6.45, 7) is 32.8. The summed E-state index contributed by atoms with van der Waals surface area (Å²) in [6.07, 6.45) is 25.5. The van der Waals surface area contributed by atoms with E-state index in [1.54, 1.807) is 175 Å². The highest BCUT2D eigenvalue weighted by atomic mass is 19.1. The fraction of sp³-hybridized carbons (Fsp3) is 0.327. The molecule has 0 spiro atoms. The number of ether oxygens (including phenoxy) is 4. The quantitative estimate of drug-likeness (QED) is 0.0458. The lowest BCUT2D eigenvalue weighted by Gasteiger charge is -2.29. The molecule has 1 atom stereocenters. The van der Waals surface area contributed by atoms with Gasteiger partial charge in [-0.2, -0.15) is 0 Å². The molecule has 1 unspecified atom stereocenters. The minimum atomic E-state index is -0.635. The van der Waals surface area contributed by atoms with E-state index in [4.69, 9.17) is 65.2 Å². The highest BCUT2D eigenvalue weighted by Gasteiger charge is 2.28. The van der Waals surface area contributed by atoms with Crippen molar-refractivity contribution in [3.05, 3.63) is 316 Å². The van der Waals surface area contributed by atoms with E-state index in [1.165, 1.54) is 89.8 Å². The van der Waals surface area contributed by atoms with Crippen molar-refractivity contribution in [3.8, 4) is 113 Å². The summed E-state index contributed by atoms with van der Waals surface area (Å²) in [6, 6.07) is 46.1. The van der Waals surface area contributed by atoms with Gasteiger partial charge < -0.3 is 28.7 Å². The number of allylic oxidation sites excluding steroid dienone is 2. The number of aryl methyl sites for hydroxylation is 2. The van der Waals surface area contributed by atoms with Crippen LogP contribution in [0.15, 0.2) is 201 Å². The Bertz CT molecular complexity index is 6680. The predicted octanol–water partition coefficient (Wildman–Crippen LogP) is 22.8. The molecule has 0 radical (unpaired) electrons. The van der Waals surface area contributed by atoms with Gasteiger partial charge in [0.25, 0.3) is 22.2 Å². The summed E-state index contributed by atoms with van der Waals surface area (Å²) in [5.74, 6) is 4.74. The average Bonchev–Trinajstić information content (AvgIpc) is 0.898. The standard InChI is InChI=1S/C27H29FN4O2.C27H26FN3O2.C26H27FN4O2.C26H24FN3O2.CH4/c1-29-23-11-8-20(17-22(23)28)26-25(19-6-9-21(34-4)10-7-19)27(33)32(3)24(30-26)12-5-18-13-15-31(2)16-14-18;1-29-23-15-12-20(17-22(23)28)26-25(19-10-13-21(33-3)14-11-19)27(32)31(2)24(30-26)16-9-18-7-5-4-6-8-18;1-28-22-11-8-19(15-21(22)27)25-24(18-6-9-20(33-4)10-7-18)26(32)31(3)23(29-25)12-5-17-13-14-30(2)16-17;1-28-22-14-11-19(16-21(22)27)25-24(18-9-12-20(32-3)13-10-18)26(31)30(2)23(29-25)15-8-17-6-4-5-7-17;/h6-11,17-18H,5,12-16H2,2-4H3;9-18H,4-8H2,2-3H3;6-11,15,17H,5,12-14,16H2,2-4H3;8-17H,4-7H2,2-3H3;1H4/b;16-9+;;15-8+;. The van der Waals surface area contributed by atoms with Crippen LogP contribution < -0.4 is 41.2 Å². The third-order valence-electron chi connectivity index (χ3n) is 25.3. The van der Waals surface area contributed by atoms with Crippen LogP contribution in [0.3, 0.4) is 0 Å². The second-order valence-corrected chi connectivity index (χ2v) is 33.8. The lowest BCUT2D eigenvalue weighted by Crippen LogP contribution is -2.31. The molecule has 6 heterocycles. The molecule has 4 aromatic heterocycles. The Kier molecular flexibility index (Phi) is 33.3. The fourth-order valence-corrected chi connectivity index (χ4v) is 17.4. The van der Waals surface area contributed by atoms with E-state index in [-0.39, 0.29) is 52.4 Å². The van der Waals surface area contributed by atoms with Gasteiger partial charge in [0.2, 0.25) is 22.7 Å². The zero-order valence-electron chi connectivity index (χ0n) is 76.0. The highest BCUT2D eigenvalue weighted by molar-refractivity contribution is 5.86. The molecule has 0 N–H and O–H groups in total. The van der Waals surface area contributed by atoms with Crippen LogP contribution in [-0.2, 0) is 41.0 Å². The van der Waals surface area contributed by atoms with Gasteiger partial charge in [-0.05, 0) is 222 Å². The molecule has 12 aromatic rings. The number of likely N-dealkylation sites (tertiary alicyclic amines) is 2. The van der Waals surface area contributed by atoms with Crippen molar-refractivity contribution < 1.29 is 36.5 Å². The molecule has 4 fully saturated rings. The van der Waals surface area contributed by atoms with Gasteiger partial charge in [0.05, 0.1) is 99.8 Å². The van der Waals surface area contributed by atoms with Gasteiger partial charge in [-0.1, -0.05) is 149 Å². The van der Waals surface area contributed by atoms with Crippen LogP contribution in [0, 0.1) is 73.2 Å². The maximum Gasteiger partial charge on any atom is 0.262 e. The number of hydrogen-bond donors (Lipinski definition) is 0. The molecule has 2 aliphatic carbocycles. The molecule has 26 heteroatoms. The van der Waals surface area contributed by atoms with Crippen molar-refractivity contribution in [3.63, 3.8) is 0 Å². The van der Waals surface area contributed by atoms with E-state index in [2.05, 4.69) is 55.4 Å². The van der Waals surface area contributed by atoms with Crippen LogP contribution in [0.2, 0.25) is 0 Å². The Morgan fingerprint density at radius 1 is 0.346 bits per heavy atom. The van der Waals surface area contributed by atoms with Gasteiger partial charge in [0.1, 0.15) is 69.6 Å². The zero-order chi connectivity index (χ0) is 93.8. The Morgan fingerprint density at radius 3 is 0.887 bits per heavy atom. The van der Waals surface area contributed by atoms with Gasteiger partial charge in [-0.3, -0.25) is 37.4 Å². The van der Waals surface area contributed by atoms with Gasteiger partial charge in [0, 0.05) is 69.8 Å². The second-order valence-electron chi connectivity index (χ2n) is 33.8. The van der Waals surface area contributed by atoms with Crippen molar-refractivity contribution in [2.75, 3.05) is 68.7 Å². The fourth-order valence-electron chi connectivity index (χ4n) is 17.4. The molecule has 4 aliphatic rings. The topological polar surface area (TPSA) is 200 Å². The molecule has 8 aromatic carbocycles. The molecular weight excluding hydrogens is 1690 g/mol. The van der Waals surface area contributed by atoms with Gasteiger partial charge in [-0.15, -0.1) is 0 Å². The molecule has 22 nitrogen and oxygen atoms in total. The van der Waals surface area contributed by atoms with Crippen molar-refractivity contribution >= 4 is 34.9 Å². The van der Waals surface area contributed by atoms with Crippen LogP contribution in [-0.4, -0.2) is 117 Å². The third-order valence-corrected chi connectivity index (χ3v) is 25.3. The van der Waals surface area contributed by atoms with E-state index < -0.39 is 23.3 Å². The second kappa shape index (κ2) is 45.4. The minimum absolute atomic E-state index is 0. The normalized spacial score (nSPS) is 14.7. The van der Waals surface area contributed by atoms with Crippen molar-refractivity contribution in [1.82, 2.24) is 48.0 Å². The molecule has 684 valence electrons. The first-order chi connectivity index (χ1) is 63.8. The molecule has 2 saturated carbocycles. The largest absolute Gasteiger partial charge is 0.497 e.